The molecule has 6 heteroatoms. The number of hydrogen-bond acceptors (Lipinski definition) is 5. The van der Waals surface area contributed by atoms with Crippen LogP contribution in [-0.4, -0.2) is 39.6 Å². The Kier molecular flexibility index (Phi) is 5.74. The van der Waals surface area contributed by atoms with Gasteiger partial charge in [0, 0.05) is 24.8 Å². The van der Waals surface area contributed by atoms with Crippen molar-refractivity contribution in [1.82, 2.24) is 14.5 Å². The Balaban J connectivity index is 1.63. The zero-order valence-electron chi connectivity index (χ0n) is 15.6. The van der Waals surface area contributed by atoms with Crippen molar-refractivity contribution in [3.8, 4) is 5.69 Å². The molecule has 0 spiro atoms. The van der Waals surface area contributed by atoms with E-state index in [-0.39, 0.29) is 11.5 Å². The van der Waals surface area contributed by atoms with Gasteiger partial charge in [0.15, 0.2) is 0 Å². The molecule has 1 heterocycles. The van der Waals surface area contributed by atoms with Gasteiger partial charge in [-0.05, 0) is 62.4 Å². The predicted octanol–water partition coefficient (Wildman–Crippen LogP) is 1.80. The zero-order chi connectivity index (χ0) is 18.7. The lowest BCUT2D eigenvalue weighted by molar-refractivity contribution is 0.132. The quantitative estimate of drug-likeness (QED) is 0.790. The van der Waals surface area contributed by atoms with Crippen LogP contribution >= 0.6 is 0 Å². The van der Waals surface area contributed by atoms with E-state index in [0.717, 1.165) is 44.0 Å². The lowest BCUT2D eigenvalue weighted by Gasteiger charge is -2.38. The number of aromatic nitrogens is 2. The molecule has 2 aromatic rings. The summed E-state index contributed by atoms with van der Waals surface area (Å²) < 4.78 is 1.50. The van der Waals surface area contributed by atoms with Crippen molar-refractivity contribution in [3.63, 3.8) is 0 Å². The molecular weight excluding hydrogens is 326 g/mol. The van der Waals surface area contributed by atoms with Crippen LogP contribution in [0.2, 0.25) is 0 Å². The normalized spacial score (nSPS) is 20.8. The minimum Gasteiger partial charge on any atom is -0.383 e. The molecule has 1 atom stereocenters. The van der Waals surface area contributed by atoms with Gasteiger partial charge in [-0.25, -0.2) is 4.79 Å². The molecule has 3 rings (SSSR count). The molecule has 0 radical (unpaired) electrons. The maximum atomic E-state index is 11.9. The molecule has 4 N–H and O–H groups in total. The second-order valence-electron chi connectivity index (χ2n) is 7.41. The highest BCUT2D eigenvalue weighted by Gasteiger charge is 2.28. The Morgan fingerprint density at radius 2 is 1.96 bits per heavy atom. The van der Waals surface area contributed by atoms with Crippen LogP contribution in [0.1, 0.15) is 32.3 Å². The average molecular weight is 355 g/mol. The number of rotatable bonds is 7. The number of likely N-dealkylation sites (N-methyl/N-ethyl adjacent to an activating group) is 1. The third-order valence-corrected chi connectivity index (χ3v) is 5.37. The van der Waals surface area contributed by atoms with Crippen LogP contribution in [0.25, 0.3) is 5.69 Å². The minimum absolute atomic E-state index is 0.240. The second-order valence-corrected chi connectivity index (χ2v) is 7.41. The first-order valence-corrected chi connectivity index (χ1v) is 9.40. The van der Waals surface area contributed by atoms with E-state index in [4.69, 9.17) is 11.5 Å². The van der Waals surface area contributed by atoms with Crippen LogP contribution in [0.4, 0.5) is 5.82 Å². The van der Waals surface area contributed by atoms with Gasteiger partial charge < -0.3 is 16.4 Å². The minimum atomic E-state index is -0.359. The topological polar surface area (TPSA) is 90.2 Å². The Hall–Kier alpha value is -2.18. The van der Waals surface area contributed by atoms with Crippen molar-refractivity contribution in [2.24, 2.45) is 11.7 Å². The summed E-state index contributed by atoms with van der Waals surface area (Å²) in [6.07, 6.45) is 4.96. The van der Waals surface area contributed by atoms with E-state index in [1.807, 2.05) is 12.1 Å². The summed E-state index contributed by atoms with van der Waals surface area (Å²) in [6.45, 7) is 6.69. The third-order valence-electron chi connectivity index (χ3n) is 5.37. The SMILES string of the molecule is CCN(CC1CC(N)C1)C(C)Cc1ccc(-n2ccc(N)nc2=O)cc1. The molecule has 0 aliphatic heterocycles. The smallest absolute Gasteiger partial charge is 0.354 e. The van der Waals surface area contributed by atoms with Crippen LogP contribution in [-0.2, 0) is 6.42 Å². The van der Waals surface area contributed by atoms with Gasteiger partial charge in [-0.1, -0.05) is 19.1 Å². The van der Waals surface area contributed by atoms with E-state index in [9.17, 15) is 4.79 Å². The monoisotopic (exact) mass is 355 g/mol. The number of hydrogen-bond donors (Lipinski definition) is 2. The highest BCUT2D eigenvalue weighted by atomic mass is 16.1. The Bertz CT molecular complexity index is 780. The lowest BCUT2D eigenvalue weighted by atomic mass is 9.80. The first-order chi connectivity index (χ1) is 12.5. The molecule has 1 saturated carbocycles. The summed E-state index contributed by atoms with van der Waals surface area (Å²) in [5.74, 6) is 0.989. The fourth-order valence-electron chi connectivity index (χ4n) is 3.76. The molecule has 1 aliphatic carbocycles. The Morgan fingerprint density at radius 1 is 1.27 bits per heavy atom. The molecule has 1 aromatic heterocycles. The number of benzene rings is 1. The van der Waals surface area contributed by atoms with E-state index in [2.05, 4.69) is 35.9 Å². The molecule has 6 nitrogen and oxygen atoms in total. The summed E-state index contributed by atoms with van der Waals surface area (Å²) >= 11 is 0. The van der Waals surface area contributed by atoms with Gasteiger partial charge in [0.2, 0.25) is 0 Å². The summed E-state index contributed by atoms with van der Waals surface area (Å²) in [4.78, 5) is 18.3. The summed E-state index contributed by atoms with van der Waals surface area (Å²) in [7, 11) is 0. The molecule has 0 saturated heterocycles. The Labute approximate surface area is 154 Å². The Morgan fingerprint density at radius 3 is 2.54 bits per heavy atom. The van der Waals surface area contributed by atoms with Crippen LogP contribution < -0.4 is 17.2 Å². The first kappa shape index (κ1) is 18.6. The van der Waals surface area contributed by atoms with Crippen LogP contribution in [0.5, 0.6) is 0 Å². The van der Waals surface area contributed by atoms with Gasteiger partial charge >= 0.3 is 5.69 Å². The molecule has 26 heavy (non-hydrogen) atoms. The second kappa shape index (κ2) is 8.01. The number of anilines is 1. The number of nitrogen functional groups attached to an aromatic ring is 1. The summed E-state index contributed by atoms with van der Waals surface area (Å²) in [5, 5.41) is 0. The van der Waals surface area contributed by atoms with Crippen molar-refractivity contribution in [2.45, 2.75) is 45.2 Å². The van der Waals surface area contributed by atoms with Gasteiger partial charge in [-0.15, -0.1) is 0 Å². The van der Waals surface area contributed by atoms with Gasteiger partial charge in [0.1, 0.15) is 5.82 Å². The van der Waals surface area contributed by atoms with Gasteiger partial charge in [0.25, 0.3) is 0 Å². The standard InChI is InChI=1S/C20H29N5O/c1-3-24(13-16-11-17(21)12-16)14(2)10-15-4-6-18(7-5-15)25-9-8-19(22)23-20(25)26/h4-9,14,16-17H,3,10-13,21H2,1-2H3,(H2,22,23,26). The molecule has 1 aliphatic rings. The fourth-order valence-corrected chi connectivity index (χ4v) is 3.76. The van der Waals surface area contributed by atoms with Crippen molar-refractivity contribution in [3.05, 3.63) is 52.6 Å². The highest BCUT2D eigenvalue weighted by molar-refractivity contribution is 5.36. The molecular formula is C20H29N5O. The van der Waals surface area contributed by atoms with E-state index in [1.54, 1.807) is 12.3 Å². The number of nitrogens with two attached hydrogens (primary N) is 2. The van der Waals surface area contributed by atoms with E-state index in [0.29, 0.717) is 12.1 Å². The van der Waals surface area contributed by atoms with Crippen LogP contribution in [0.15, 0.2) is 41.3 Å². The highest BCUT2D eigenvalue weighted by Crippen LogP contribution is 2.27. The van der Waals surface area contributed by atoms with Crippen LogP contribution in [0.3, 0.4) is 0 Å². The maximum absolute atomic E-state index is 11.9. The molecule has 1 unspecified atom stereocenters. The van der Waals surface area contributed by atoms with Gasteiger partial charge in [0.05, 0.1) is 5.69 Å². The lowest BCUT2D eigenvalue weighted by Crippen LogP contribution is -2.45. The van der Waals surface area contributed by atoms with Crippen LogP contribution in [0, 0.1) is 5.92 Å². The molecule has 0 bridgehead atoms. The fraction of sp³-hybridized carbons (Fsp3) is 0.500. The van der Waals surface area contributed by atoms with Gasteiger partial charge in [-0.3, -0.25) is 4.57 Å². The summed E-state index contributed by atoms with van der Waals surface area (Å²) in [6, 6.07) is 10.6. The maximum Gasteiger partial charge on any atom is 0.354 e. The van der Waals surface area contributed by atoms with Crippen molar-refractivity contribution < 1.29 is 0 Å². The largest absolute Gasteiger partial charge is 0.383 e. The predicted molar refractivity (Wildman–Crippen MR) is 105 cm³/mol. The van der Waals surface area contributed by atoms with Gasteiger partial charge in [-0.2, -0.15) is 4.98 Å². The molecule has 1 fully saturated rings. The van der Waals surface area contributed by atoms with Crippen molar-refractivity contribution in [1.29, 1.82) is 0 Å². The summed E-state index contributed by atoms with van der Waals surface area (Å²) in [5.41, 5.74) is 13.2. The van der Waals surface area contributed by atoms with E-state index in [1.165, 1.54) is 10.1 Å². The van der Waals surface area contributed by atoms with Crippen molar-refractivity contribution >= 4 is 5.82 Å². The van der Waals surface area contributed by atoms with E-state index >= 15 is 0 Å². The zero-order valence-corrected chi connectivity index (χ0v) is 15.6. The molecule has 140 valence electrons. The number of nitrogens with zero attached hydrogens (tertiary/aromatic N) is 3. The van der Waals surface area contributed by atoms with Crippen molar-refractivity contribution in [2.75, 3.05) is 18.8 Å². The average Bonchev–Trinajstić information content (AvgIpc) is 2.58. The molecule has 1 aromatic carbocycles. The van der Waals surface area contributed by atoms with E-state index < -0.39 is 0 Å². The third kappa shape index (κ3) is 4.31. The molecule has 0 amide bonds. The first-order valence-electron chi connectivity index (χ1n) is 9.40.